The van der Waals surface area contributed by atoms with Crippen LogP contribution in [0.15, 0.2) is 60.9 Å². The minimum absolute atomic E-state index is 0.187. The number of imidazole rings is 1. The van der Waals surface area contributed by atoms with Gasteiger partial charge in [-0.25, -0.2) is 4.98 Å². The van der Waals surface area contributed by atoms with Crippen LogP contribution in [0.25, 0.3) is 16.9 Å². The second-order valence-corrected chi connectivity index (χ2v) is 5.60. The standard InChI is InChI=1S/C20H20N2O2/c1-3-24-19(23)13-18-20(16-9-5-4-6-10-16)21-14-22(18)17-11-7-8-15(2)12-17/h4-12,14H,3,13H2,1-2H3. The number of hydrogen-bond donors (Lipinski definition) is 0. The molecule has 0 spiro atoms. The molecule has 0 bridgehead atoms. The minimum Gasteiger partial charge on any atom is -0.466 e. The zero-order valence-corrected chi connectivity index (χ0v) is 13.9. The summed E-state index contributed by atoms with van der Waals surface area (Å²) in [5.41, 5.74) is 4.78. The molecule has 0 fully saturated rings. The van der Waals surface area contributed by atoms with Crippen LogP contribution < -0.4 is 0 Å². The molecule has 3 aromatic rings. The second kappa shape index (κ2) is 7.13. The van der Waals surface area contributed by atoms with Gasteiger partial charge in [-0.05, 0) is 31.5 Å². The van der Waals surface area contributed by atoms with Gasteiger partial charge in [-0.1, -0.05) is 42.5 Å². The van der Waals surface area contributed by atoms with Crippen LogP contribution in [0.4, 0.5) is 0 Å². The van der Waals surface area contributed by atoms with Crippen LogP contribution in [0.2, 0.25) is 0 Å². The van der Waals surface area contributed by atoms with Crippen molar-refractivity contribution in [2.45, 2.75) is 20.3 Å². The molecule has 122 valence electrons. The van der Waals surface area contributed by atoms with E-state index in [1.54, 1.807) is 6.33 Å². The zero-order chi connectivity index (χ0) is 16.9. The van der Waals surface area contributed by atoms with Crippen LogP contribution in [-0.2, 0) is 16.0 Å². The van der Waals surface area contributed by atoms with Gasteiger partial charge >= 0.3 is 5.97 Å². The number of carbonyl (C=O) groups excluding carboxylic acids is 1. The summed E-state index contributed by atoms with van der Waals surface area (Å²) < 4.78 is 7.11. The summed E-state index contributed by atoms with van der Waals surface area (Å²) in [6.07, 6.45) is 1.96. The number of aryl methyl sites for hydroxylation is 1. The molecule has 0 saturated carbocycles. The normalized spacial score (nSPS) is 10.6. The van der Waals surface area contributed by atoms with Gasteiger partial charge in [-0.15, -0.1) is 0 Å². The molecule has 0 aliphatic heterocycles. The first-order valence-corrected chi connectivity index (χ1v) is 8.03. The molecule has 0 aliphatic rings. The smallest absolute Gasteiger partial charge is 0.311 e. The van der Waals surface area contributed by atoms with Crippen molar-refractivity contribution in [2.75, 3.05) is 6.61 Å². The van der Waals surface area contributed by atoms with Gasteiger partial charge in [-0.2, -0.15) is 0 Å². The van der Waals surface area contributed by atoms with Crippen molar-refractivity contribution in [3.05, 3.63) is 72.2 Å². The molecule has 0 N–H and O–H groups in total. The fourth-order valence-corrected chi connectivity index (χ4v) is 2.73. The van der Waals surface area contributed by atoms with Crippen molar-refractivity contribution in [3.63, 3.8) is 0 Å². The second-order valence-electron chi connectivity index (χ2n) is 5.60. The van der Waals surface area contributed by atoms with E-state index >= 15 is 0 Å². The number of ether oxygens (including phenoxy) is 1. The van der Waals surface area contributed by atoms with Gasteiger partial charge < -0.3 is 9.30 Å². The summed E-state index contributed by atoms with van der Waals surface area (Å²) in [7, 11) is 0. The fraction of sp³-hybridized carbons (Fsp3) is 0.200. The Morgan fingerprint density at radius 3 is 2.62 bits per heavy atom. The third-order valence-electron chi connectivity index (χ3n) is 3.81. The summed E-state index contributed by atoms with van der Waals surface area (Å²) in [5, 5.41) is 0. The van der Waals surface area contributed by atoms with E-state index in [0.717, 1.165) is 28.2 Å². The highest BCUT2D eigenvalue weighted by Gasteiger charge is 2.18. The first kappa shape index (κ1) is 16.0. The van der Waals surface area contributed by atoms with E-state index in [0.29, 0.717) is 6.61 Å². The van der Waals surface area contributed by atoms with E-state index in [9.17, 15) is 4.79 Å². The summed E-state index contributed by atoms with van der Waals surface area (Å²) in [6.45, 7) is 4.23. The average Bonchev–Trinajstić information content (AvgIpc) is 2.99. The van der Waals surface area contributed by atoms with Gasteiger partial charge in [0.1, 0.15) is 6.33 Å². The number of esters is 1. The highest BCUT2D eigenvalue weighted by Crippen LogP contribution is 2.25. The Kier molecular flexibility index (Phi) is 4.75. The number of aromatic nitrogens is 2. The Labute approximate surface area is 141 Å². The fourth-order valence-electron chi connectivity index (χ4n) is 2.73. The van der Waals surface area contributed by atoms with Crippen LogP contribution in [0.1, 0.15) is 18.2 Å². The maximum Gasteiger partial charge on any atom is 0.311 e. The highest BCUT2D eigenvalue weighted by molar-refractivity contribution is 5.76. The molecule has 0 radical (unpaired) electrons. The molecular formula is C20H20N2O2. The van der Waals surface area contributed by atoms with Crippen LogP contribution >= 0.6 is 0 Å². The molecule has 2 aromatic carbocycles. The maximum atomic E-state index is 12.1. The van der Waals surface area contributed by atoms with E-state index in [1.165, 1.54) is 0 Å². The Bertz CT molecular complexity index is 838. The first-order chi connectivity index (χ1) is 11.7. The maximum absolute atomic E-state index is 12.1. The minimum atomic E-state index is -0.246. The zero-order valence-electron chi connectivity index (χ0n) is 13.9. The average molecular weight is 320 g/mol. The Morgan fingerprint density at radius 2 is 1.92 bits per heavy atom. The van der Waals surface area contributed by atoms with Crippen molar-refractivity contribution >= 4 is 5.97 Å². The molecule has 4 nitrogen and oxygen atoms in total. The molecule has 0 amide bonds. The van der Waals surface area contributed by atoms with Crippen molar-refractivity contribution in [2.24, 2.45) is 0 Å². The monoisotopic (exact) mass is 320 g/mol. The van der Waals surface area contributed by atoms with Crippen molar-refractivity contribution in [1.82, 2.24) is 9.55 Å². The number of carbonyl (C=O) groups is 1. The van der Waals surface area contributed by atoms with E-state index in [1.807, 2.05) is 66.9 Å². The van der Waals surface area contributed by atoms with Crippen molar-refractivity contribution < 1.29 is 9.53 Å². The lowest BCUT2D eigenvalue weighted by molar-refractivity contribution is -0.142. The van der Waals surface area contributed by atoms with Gasteiger partial charge in [0.25, 0.3) is 0 Å². The van der Waals surface area contributed by atoms with Crippen molar-refractivity contribution in [1.29, 1.82) is 0 Å². The molecule has 4 heteroatoms. The van der Waals surface area contributed by atoms with Gasteiger partial charge in [0.2, 0.25) is 0 Å². The van der Waals surface area contributed by atoms with E-state index in [2.05, 4.69) is 11.1 Å². The highest BCUT2D eigenvalue weighted by atomic mass is 16.5. The molecule has 0 saturated heterocycles. The van der Waals surface area contributed by atoms with Crippen LogP contribution in [0, 0.1) is 6.92 Å². The third-order valence-corrected chi connectivity index (χ3v) is 3.81. The van der Waals surface area contributed by atoms with E-state index < -0.39 is 0 Å². The lowest BCUT2D eigenvalue weighted by Gasteiger charge is -2.11. The summed E-state index contributed by atoms with van der Waals surface area (Å²) in [4.78, 5) is 16.6. The van der Waals surface area contributed by atoms with E-state index in [4.69, 9.17) is 4.74 Å². The number of benzene rings is 2. The molecule has 24 heavy (non-hydrogen) atoms. The Hall–Kier alpha value is -2.88. The summed E-state index contributed by atoms with van der Waals surface area (Å²) in [5.74, 6) is -0.246. The third kappa shape index (κ3) is 3.38. The van der Waals surface area contributed by atoms with Gasteiger partial charge in [0.05, 0.1) is 24.4 Å². The molecule has 1 aromatic heterocycles. The number of hydrogen-bond acceptors (Lipinski definition) is 3. The van der Waals surface area contributed by atoms with Crippen LogP contribution in [-0.4, -0.2) is 22.1 Å². The molecule has 0 aliphatic carbocycles. The van der Waals surface area contributed by atoms with Gasteiger partial charge in [0.15, 0.2) is 0 Å². The molecular weight excluding hydrogens is 300 g/mol. The topological polar surface area (TPSA) is 44.1 Å². The van der Waals surface area contributed by atoms with E-state index in [-0.39, 0.29) is 12.4 Å². The Morgan fingerprint density at radius 1 is 1.12 bits per heavy atom. The summed E-state index contributed by atoms with van der Waals surface area (Å²) >= 11 is 0. The lowest BCUT2D eigenvalue weighted by Crippen LogP contribution is -2.11. The molecule has 0 unspecified atom stereocenters. The Balaban J connectivity index is 2.09. The lowest BCUT2D eigenvalue weighted by atomic mass is 10.1. The quantitative estimate of drug-likeness (QED) is 0.669. The first-order valence-electron chi connectivity index (χ1n) is 8.03. The number of nitrogens with zero attached hydrogens (tertiary/aromatic N) is 2. The predicted molar refractivity (Wildman–Crippen MR) is 94.1 cm³/mol. The largest absolute Gasteiger partial charge is 0.466 e. The molecule has 3 rings (SSSR count). The number of rotatable bonds is 5. The SMILES string of the molecule is CCOC(=O)Cc1c(-c2ccccc2)ncn1-c1cccc(C)c1. The molecule has 0 atom stereocenters. The predicted octanol–water partition coefficient (Wildman–Crippen LogP) is 3.95. The van der Waals surface area contributed by atoms with Crippen molar-refractivity contribution in [3.8, 4) is 16.9 Å². The van der Waals surface area contributed by atoms with Gasteiger partial charge in [0, 0.05) is 11.3 Å². The van der Waals surface area contributed by atoms with Gasteiger partial charge in [-0.3, -0.25) is 4.79 Å². The van der Waals surface area contributed by atoms with Crippen LogP contribution in [0.3, 0.4) is 0 Å². The molecule has 1 heterocycles. The van der Waals surface area contributed by atoms with Crippen LogP contribution in [0.5, 0.6) is 0 Å². The summed E-state index contributed by atoms with van der Waals surface area (Å²) in [6, 6.07) is 18.0.